The van der Waals surface area contributed by atoms with Crippen LogP contribution in [-0.4, -0.2) is 43.8 Å². The Morgan fingerprint density at radius 1 is 0.783 bits per heavy atom. The van der Waals surface area contributed by atoms with Crippen LogP contribution in [-0.2, 0) is 20.5 Å². The Labute approximate surface area is 333 Å². The monoisotopic (exact) mass is 860 g/mol. The molecule has 2 aliphatic heterocycles. The van der Waals surface area contributed by atoms with E-state index in [1.54, 1.807) is 12.1 Å². The van der Waals surface area contributed by atoms with Crippen LogP contribution in [0.2, 0.25) is 0 Å². The van der Waals surface area contributed by atoms with Gasteiger partial charge in [-0.25, -0.2) is 22.8 Å². The van der Waals surface area contributed by atoms with E-state index in [-0.39, 0.29) is 28.8 Å². The number of alkyl halides is 3. The predicted octanol–water partition coefficient (Wildman–Crippen LogP) is 7.23. The lowest BCUT2D eigenvalue weighted by Gasteiger charge is -2.37. The molecule has 3 heterocycles. The average molecular weight is 861 g/mol. The third-order valence-electron chi connectivity index (χ3n) is 10.6. The molecule has 1 aromatic heterocycles. The number of aryl methyl sites for hydroxylation is 1. The Kier molecular flexibility index (Phi) is 9.48. The molecule has 0 radical (unpaired) electrons. The molecule has 60 heavy (non-hydrogen) atoms. The summed E-state index contributed by atoms with van der Waals surface area (Å²) < 4.78 is 145. The zero-order valence-electron chi connectivity index (χ0n) is 30.8. The summed E-state index contributed by atoms with van der Waals surface area (Å²) >= 11 is 0. The van der Waals surface area contributed by atoms with Crippen molar-refractivity contribution in [2.45, 2.75) is 62.7 Å². The van der Waals surface area contributed by atoms with Crippen LogP contribution >= 0.6 is 0 Å². The first kappa shape index (κ1) is 40.3. The van der Waals surface area contributed by atoms with Gasteiger partial charge in [0, 0.05) is 34.2 Å². The van der Waals surface area contributed by atoms with Gasteiger partial charge in [-0.1, -0.05) is 18.2 Å². The van der Waals surface area contributed by atoms with E-state index in [1.165, 1.54) is 12.1 Å². The van der Waals surface area contributed by atoms with Gasteiger partial charge in [0.2, 0.25) is 11.6 Å². The Balaban J connectivity index is 1.05. The lowest BCUT2D eigenvalue weighted by atomic mass is 9.76. The van der Waals surface area contributed by atoms with Gasteiger partial charge in [-0.05, 0) is 81.5 Å². The molecule has 312 valence electrons. The molecule has 20 heteroatoms. The quantitative estimate of drug-likeness (QED) is 0.0585. The molecular formula is C40H27F7N2O10S. The summed E-state index contributed by atoms with van der Waals surface area (Å²) in [4.78, 5) is 52.6. The molecule has 1 atom stereocenters. The minimum absolute atomic E-state index is 0.122. The van der Waals surface area contributed by atoms with Crippen molar-refractivity contribution in [2.24, 2.45) is 0 Å². The van der Waals surface area contributed by atoms with Gasteiger partial charge >= 0.3 is 27.2 Å². The number of carbonyl (C=O) groups is 3. The van der Waals surface area contributed by atoms with E-state index in [0.717, 1.165) is 24.6 Å². The van der Waals surface area contributed by atoms with Gasteiger partial charge in [0.05, 0.1) is 16.7 Å². The molecule has 1 unspecified atom stereocenters. The van der Waals surface area contributed by atoms with Crippen LogP contribution in [0.3, 0.4) is 0 Å². The number of carbonyl (C=O) groups excluding carboxylic acids is 3. The van der Waals surface area contributed by atoms with Crippen molar-refractivity contribution in [2.75, 3.05) is 0 Å². The maximum absolute atomic E-state index is 15.9. The average Bonchev–Trinajstić information content (AvgIpc) is 3.48. The highest BCUT2D eigenvalue weighted by molar-refractivity contribution is 7.88. The second-order valence-corrected chi connectivity index (χ2v) is 16.0. The van der Waals surface area contributed by atoms with E-state index in [9.17, 15) is 40.8 Å². The smallest absolute Gasteiger partial charge is 0.450 e. The molecule has 1 spiro atoms. The number of nitrogens with one attached hydrogen (secondary N) is 2. The van der Waals surface area contributed by atoms with Crippen LogP contribution in [0.5, 0.6) is 17.2 Å². The summed E-state index contributed by atoms with van der Waals surface area (Å²) in [7, 11) is -6.65. The van der Waals surface area contributed by atoms with Crippen molar-refractivity contribution in [3.8, 4) is 17.2 Å². The summed E-state index contributed by atoms with van der Waals surface area (Å²) in [6.45, 7) is 2.78. The van der Waals surface area contributed by atoms with Gasteiger partial charge in [0.1, 0.15) is 17.0 Å². The fourth-order valence-corrected chi connectivity index (χ4v) is 8.05. The molecule has 8 rings (SSSR count). The van der Waals surface area contributed by atoms with Gasteiger partial charge in [-0.2, -0.15) is 26.0 Å². The molecule has 2 N–H and O–H groups in total. The number of benzene rings is 4. The van der Waals surface area contributed by atoms with Crippen LogP contribution in [0.25, 0.3) is 11.0 Å². The van der Waals surface area contributed by atoms with Crippen LogP contribution in [0.15, 0.2) is 63.8 Å². The third kappa shape index (κ3) is 6.49. The normalized spacial score (nSPS) is 19.5. The van der Waals surface area contributed by atoms with Crippen LogP contribution in [0.4, 0.5) is 30.7 Å². The lowest BCUT2D eigenvalue weighted by molar-refractivity contribution is -0.0502. The first-order valence-corrected chi connectivity index (χ1v) is 19.3. The highest BCUT2D eigenvalue weighted by Gasteiger charge is 2.57. The van der Waals surface area contributed by atoms with Gasteiger partial charge in [-0.15, -0.1) is 0 Å². The molecule has 2 amide bonds. The first-order valence-electron chi connectivity index (χ1n) is 17.9. The Morgan fingerprint density at radius 3 is 2.05 bits per heavy atom. The van der Waals surface area contributed by atoms with E-state index in [4.69, 9.17) is 13.9 Å². The number of esters is 1. The van der Waals surface area contributed by atoms with E-state index in [2.05, 4.69) is 14.8 Å². The molecule has 1 aliphatic carbocycles. The van der Waals surface area contributed by atoms with Gasteiger partial charge in [0.25, 0.3) is 11.8 Å². The molecule has 5 aromatic rings. The fourth-order valence-electron chi connectivity index (χ4n) is 7.58. The molecule has 1 fully saturated rings. The van der Waals surface area contributed by atoms with E-state index < -0.39 is 113 Å². The van der Waals surface area contributed by atoms with Gasteiger partial charge < -0.3 is 28.7 Å². The summed E-state index contributed by atoms with van der Waals surface area (Å²) in [5, 5.41) is 6.22. The second-order valence-electron chi connectivity index (χ2n) is 14.5. The highest BCUT2D eigenvalue weighted by Crippen LogP contribution is 2.59. The van der Waals surface area contributed by atoms with Crippen molar-refractivity contribution in [3.05, 3.63) is 133 Å². The SMILES string of the molecule is Cc1ccc2cc(C(=O)N[C@H]3CC[C@H](NC(=O)c4ccc5c(c4)C(=O)OC54c5cc(F)c(C)c(F)c5Oc5c4cc(F)c(OS(=O)(=O)C(F)(F)F)c5F)CC3)c(=O)oc2c1. The van der Waals surface area contributed by atoms with Crippen molar-refractivity contribution < 1.29 is 71.6 Å². The molecule has 0 bridgehead atoms. The minimum Gasteiger partial charge on any atom is -0.450 e. The number of fused-ring (bicyclic) bond motifs is 7. The van der Waals surface area contributed by atoms with Crippen molar-refractivity contribution in [3.63, 3.8) is 0 Å². The number of amides is 2. The standard InChI is InChI=1S/C40H27F7N2O10S/c1-16-3-4-18-12-23(37(52)56-29(18)11-16)36(51)49-21-8-6-20(7-9-21)48-35(50)19-5-10-24-22(13-19)38(53)58-39(24)25-14-27(41)17(2)30(43)32(25)57-33-26(39)15-28(42)34(31(33)44)59-60(54,55)40(45,46)47/h3-5,10-15,20-21H,6-9H2,1-2H3,(H,48,50)(H,49,51)/t20-,21-,39?. The maximum Gasteiger partial charge on any atom is 0.534 e. The molecule has 3 aliphatic rings. The van der Waals surface area contributed by atoms with Crippen LogP contribution in [0.1, 0.15) is 84.6 Å². The molecule has 4 aromatic carbocycles. The number of hydrogen-bond acceptors (Lipinski definition) is 10. The zero-order valence-corrected chi connectivity index (χ0v) is 31.6. The Bertz CT molecular complexity index is 2890. The number of hydrogen-bond donors (Lipinski definition) is 2. The topological polar surface area (TPSA) is 167 Å². The Morgan fingerprint density at radius 2 is 1.40 bits per heavy atom. The number of rotatable bonds is 6. The predicted molar refractivity (Wildman–Crippen MR) is 193 cm³/mol. The lowest BCUT2D eigenvalue weighted by Crippen LogP contribution is -2.44. The highest BCUT2D eigenvalue weighted by atomic mass is 32.2. The first-order chi connectivity index (χ1) is 28.2. The van der Waals surface area contributed by atoms with E-state index in [1.807, 2.05) is 13.0 Å². The largest absolute Gasteiger partial charge is 0.534 e. The van der Waals surface area contributed by atoms with E-state index >= 15 is 17.6 Å². The molecule has 1 saturated carbocycles. The van der Waals surface area contributed by atoms with Gasteiger partial charge in [-0.3, -0.25) is 9.59 Å². The van der Waals surface area contributed by atoms with Crippen molar-refractivity contribution >= 4 is 38.9 Å². The third-order valence-corrected chi connectivity index (χ3v) is 11.6. The van der Waals surface area contributed by atoms with Crippen molar-refractivity contribution in [1.82, 2.24) is 10.6 Å². The Hall–Kier alpha value is -6.44. The fraction of sp³-hybridized carbons (Fsp3) is 0.250. The molecular weight excluding hydrogens is 833 g/mol. The van der Waals surface area contributed by atoms with Crippen molar-refractivity contribution in [1.29, 1.82) is 0 Å². The van der Waals surface area contributed by atoms with E-state index in [0.29, 0.717) is 42.7 Å². The minimum atomic E-state index is -6.65. The number of halogens is 7. The van der Waals surface area contributed by atoms with Gasteiger partial charge in [0.15, 0.2) is 28.7 Å². The zero-order chi connectivity index (χ0) is 43.2. The number of ether oxygens (including phenoxy) is 2. The van der Waals surface area contributed by atoms with Crippen LogP contribution < -0.4 is 25.2 Å². The second kappa shape index (κ2) is 14.1. The summed E-state index contributed by atoms with van der Waals surface area (Å²) in [5.74, 6) is -13.9. The van der Waals surface area contributed by atoms with Crippen LogP contribution in [0, 0.1) is 37.1 Å². The molecule has 12 nitrogen and oxygen atoms in total. The maximum atomic E-state index is 15.9. The summed E-state index contributed by atoms with van der Waals surface area (Å²) in [6, 6.07) is 10.1. The summed E-state index contributed by atoms with van der Waals surface area (Å²) in [6.07, 6.45) is 1.58. The summed E-state index contributed by atoms with van der Waals surface area (Å²) in [5.41, 5.74) is -11.6. The molecule has 0 saturated heterocycles.